The summed E-state index contributed by atoms with van der Waals surface area (Å²) in [5.41, 5.74) is 0.488. The molecule has 130 valence electrons. The molecule has 0 unspecified atom stereocenters. The molecular formula is C17H23N3O3S. The van der Waals surface area contributed by atoms with Crippen LogP contribution in [0.25, 0.3) is 0 Å². The fourth-order valence-corrected chi connectivity index (χ4v) is 2.96. The third kappa shape index (κ3) is 4.92. The third-order valence-electron chi connectivity index (χ3n) is 3.41. The average Bonchev–Trinajstić information content (AvgIpc) is 3.02. The first-order chi connectivity index (χ1) is 11.7. The molecule has 24 heavy (non-hydrogen) atoms. The van der Waals surface area contributed by atoms with Crippen molar-refractivity contribution in [3.05, 3.63) is 28.8 Å². The van der Waals surface area contributed by atoms with E-state index < -0.39 is 0 Å². The van der Waals surface area contributed by atoms with Gasteiger partial charge in [-0.2, -0.15) is 0 Å². The molecule has 0 aliphatic rings. The van der Waals surface area contributed by atoms with Gasteiger partial charge in [0.1, 0.15) is 5.01 Å². The molecule has 0 aliphatic carbocycles. The van der Waals surface area contributed by atoms with E-state index in [1.807, 2.05) is 6.92 Å². The molecule has 6 nitrogen and oxygen atoms in total. The fraction of sp³-hybridized carbons (Fsp3) is 0.471. The molecule has 1 amide bonds. The number of methoxy groups -OCH3 is 1. The number of rotatable bonds is 9. The molecule has 0 saturated carbocycles. The summed E-state index contributed by atoms with van der Waals surface area (Å²) in [6.07, 6.45) is 4.34. The van der Waals surface area contributed by atoms with E-state index in [-0.39, 0.29) is 5.91 Å². The molecule has 1 aromatic carbocycles. The molecule has 0 radical (unpaired) electrons. The average molecular weight is 349 g/mol. The maximum Gasteiger partial charge on any atom is 0.257 e. The van der Waals surface area contributed by atoms with E-state index in [4.69, 9.17) is 9.47 Å². The number of unbranched alkanes of at least 4 members (excludes halogenated alkanes) is 2. The van der Waals surface area contributed by atoms with Crippen molar-refractivity contribution in [3.8, 4) is 11.5 Å². The van der Waals surface area contributed by atoms with Crippen molar-refractivity contribution in [2.24, 2.45) is 0 Å². The second kappa shape index (κ2) is 9.22. The SMILES string of the molecule is CCCCCc1nnc(NC(=O)c2ccc(OC)c(OCC)c2)s1. The first-order valence-corrected chi connectivity index (χ1v) is 8.94. The molecule has 2 rings (SSSR count). The predicted molar refractivity (Wildman–Crippen MR) is 95.3 cm³/mol. The zero-order valence-corrected chi connectivity index (χ0v) is 15.1. The van der Waals surface area contributed by atoms with E-state index in [0.717, 1.165) is 17.8 Å². The Kier molecular flexibility index (Phi) is 6.99. The second-order valence-electron chi connectivity index (χ2n) is 5.21. The Bertz CT molecular complexity index is 673. The van der Waals surface area contributed by atoms with E-state index in [1.165, 1.54) is 24.2 Å². The van der Waals surface area contributed by atoms with Gasteiger partial charge < -0.3 is 9.47 Å². The number of ether oxygens (including phenoxy) is 2. The summed E-state index contributed by atoms with van der Waals surface area (Å²) in [4.78, 5) is 12.4. The minimum atomic E-state index is -0.241. The molecule has 0 atom stereocenters. The molecule has 0 saturated heterocycles. The minimum absolute atomic E-state index is 0.241. The molecule has 2 aromatic rings. The van der Waals surface area contributed by atoms with Crippen LogP contribution in [-0.4, -0.2) is 29.8 Å². The van der Waals surface area contributed by atoms with Gasteiger partial charge in [0.2, 0.25) is 5.13 Å². The fourth-order valence-electron chi connectivity index (χ4n) is 2.19. The highest BCUT2D eigenvalue weighted by molar-refractivity contribution is 7.15. The van der Waals surface area contributed by atoms with Crippen molar-refractivity contribution in [1.29, 1.82) is 0 Å². The molecular weight excluding hydrogens is 326 g/mol. The van der Waals surface area contributed by atoms with Crippen molar-refractivity contribution in [2.45, 2.75) is 39.5 Å². The Morgan fingerprint density at radius 2 is 2.04 bits per heavy atom. The summed E-state index contributed by atoms with van der Waals surface area (Å²) >= 11 is 1.42. The first-order valence-electron chi connectivity index (χ1n) is 8.12. The number of hydrogen-bond acceptors (Lipinski definition) is 6. The Morgan fingerprint density at radius 1 is 1.21 bits per heavy atom. The monoisotopic (exact) mass is 349 g/mol. The number of carbonyl (C=O) groups is 1. The summed E-state index contributed by atoms with van der Waals surface area (Å²) in [6, 6.07) is 5.08. The van der Waals surface area contributed by atoms with Gasteiger partial charge in [-0.3, -0.25) is 10.1 Å². The lowest BCUT2D eigenvalue weighted by molar-refractivity contribution is 0.102. The van der Waals surface area contributed by atoms with Crippen LogP contribution in [0.15, 0.2) is 18.2 Å². The molecule has 1 aromatic heterocycles. The van der Waals surface area contributed by atoms with Crippen LogP contribution < -0.4 is 14.8 Å². The highest BCUT2D eigenvalue weighted by Gasteiger charge is 2.13. The molecule has 0 fully saturated rings. The quantitative estimate of drug-likeness (QED) is 0.694. The maximum atomic E-state index is 12.4. The number of nitrogens with one attached hydrogen (secondary N) is 1. The van der Waals surface area contributed by atoms with Gasteiger partial charge in [-0.1, -0.05) is 31.1 Å². The van der Waals surface area contributed by atoms with Crippen LogP contribution in [0.5, 0.6) is 11.5 Å². The van der Waals surface area contributed by atoms with Gasteiger partial charge in [0.15, 0.2) is 11.5 Å². The lowest BCUT2D eigenvalue weighted by Gasteiger charge is -2.10. The van der Waals surface area contributed by atoms with Gasteiger partial charge >= 0.3 is 0 Å². The third-order valence-corrected chi connectivity index (χ3v) is 4.31. The second-order valence-corrected chi connectivity index (χ2v) is 6.27. The van der Waals surface area contributed by atoms with Crippen molar-refractivity contribution in [3.63, 3.8) is 0 Å². The smallest absolute Gasteiger partial charge is 0.257 e. The zero-order chi connectivity index (χ0) is 17.4. The van der Waals surface area contributed by atoms with Crippen molar-refractivity contribution < 1.29 is 14.3 Å². The van der Waals surface area contributed by atoms with Gasteiger partial charge in [0.25, 0.3) is 5.91 Å². The van der Waals surface area contributed by atoms with Crippen LogP contribution in [0.4, 0.5) is 5.13 Å². The van der Waals surface area contributed by atoms with E-state index in [1.54, 1.807) is 25.3 Å². The Morgan fingerprint density at radius 3 is 2.75 bits per heavy atom. The topological polar surface area (TPSA) is 73.3 Å². The Hall–Kier alpha value is -2.15. The van der Waals surface area contributed by atoms with E-state index >= 15 is 0 Å². The van der Waals surface area contributed by atoms with Gasteiger partial charge in [-0.15, -0.1) is 10.2 Å². The number of hydrogen-bond donors (Lipinski definition) is 1. The zero-order valence-electron chi connectivity index (χ0n) is 14.3. The lowest BCUT2D eigenvalue weighted by atomic mass is 10.2. The van der Waals surface area contributed by atoms with Crippen molar-refractivity contribution in [1.82, 2.24) is 10.2 Å². The summed E-state index contributed by atoms with van der Waals surface area (Å²) in [6.45, 7) is 4.55. The Labute approximate surface area is 146 Å². The summed E-state index contributed by atoms with van der Waals surface area (Å²) in [7, 11) is 1.57. The van der Waals surface area contributed by atoms with Gasteiger partial charge in [0, 0.05) is 12.0 Å². The number of aryl methyl sites for hydroxylation is 1. The number of amides is 1. The number of nitrogens with zero attached hydrogens (tertiary/aromatic N) is 2. The van der Waals surface area contributed by atoms with Crippen molar-refractivity contribution >= 4 is 22.4 Å². The summed E-state index contributed by atoms with van der Waals surface area (Å²) in [5, 5.41) is 12.4. The summed E-state index contributed by atoms with van der Waals surface area (Å²) < 4.78 is 10.7. The molecule has 0 bridgehead atoms. The van der Waals surface area contributed by atoms with E-state index in [2.05, 4.69) is 22.4 Å². The van der Waals surface area contributed by atoms with Crippen LogP contribution in [0.1, 0.15) is 48.5 Å². The first kappa shape index (κ1) is 18.2. The van der Waals surface area contributed by atoms with Crippen LogP contribution in [-0.2, 0) is 6.42 Å². The molecule has 0 aliphatic heterocycles. The minimum Gasteiger partial charge on any atom is -0.493 e. The number of anilines is 1. The van der Waals surface area contributed by atoms with Crippen LogP contribution in [0.3, 0.4) is 0 Å². The molecule has 0 spiro atoms. The standard InChI is InChI=1S/C17H23N3O3S/c1-4-6-7-8-15-19-20-17(24-15)18-16(21)12-9-10-13(22-3)14(11-12)23-5-2/h9-11H,4-8H2,1-3H3,(H,18,20,21). The number of aromatic nitrogens is 2. The van der Waals surface area contributed by atoms with Gasteiger partial charge in [-0.25, -0.2) is 0 Å². The largest absolute Gasteiger partial charge is 0.493 e. The van der Waals surface area contributed by atoms with Crippen LogP contribution in [0, 0.1) is 0 Å². The normalized spacial score (nSPS) is 10.5. The summed E-state index contributed by atoms with van der Waals surface area (Å²) in [5.74, 6) is 0.905. The van der Waals surface area contributed by atoms with Gasteiger partial charge in [0.05, 0.1) is 13.7 Å². The highest BCUT2D eigenvalue weighted by Crippen LogP contribution is 2.28. The maximum absolute atomic E-state index is 12.4. The van der Waals surface area contributed by atoms with E-state index in [0.29, 0.717) is 28.8 Å². The number of benzene rings is 1. The lowest BCUT2D eigenvalue weighted by Crippen LogP contribution is -2.12. The highest BCUT2D eigenvalue weighted by atomic mass is 32.1. The van der Waals surface area contributed by atoms with E-state index in [9.17, 15) is 4.79 Å². The van der Waals surface area contributed by atoms with Crippen LogP contribution >= 0.6 is 11.3 Å². The predicted octanol–water partition coefficient (Wildman–Crippen LogP) is 3.93. The Balaban J connectivity index is 2.03. The molecule has 7 heteroatoms. The number of carbonyl (C=O) groups excluding carboxylic acids is 1. The van der Waals surface area contributed by atoms with Gasteiger partial charge in [-0.05, 0) is 31.5 Å². The molecule has 1 heterocycles. The van der Waals surface area contributed by atoms with Crippen molar-refractivity contribution in [2.75, 3.05) is 19.0 Å². The molecule has 1 N–H and O–H groups in total. The van der Waals surface area contributed by atoms with Crippen LogP contribution in [0.2, 0.25) is 0 Å².